The summed E-state index contributed by atoms with van der Waals surface area (Å²) in [6.45, 7) is 9.10. The van der Waals surface area contributed by atoms with Gasteiger partial charge in [0.15, 0.2) is 0 Å². The zero-order valence-corrected chi connectivity index (χ0v) is 13.3. The van der Waals surface area contributed by atoms with E-state index in [1.165, 1.54) is 5.56 Å². The lowest BCUT2D eigenvalue weighted by molar-refractivity contribution is -0.00532. The summed E-state index contributed by atoms with van der Waals surface area (Å²) in [6.07, 6.45) is 3.91. The van der Waals surface area contributed by atoms with Crippen molar-refractivity contribution >= 4 is 0 Å². The van der Waals surface area contributed by atoms with Crippen LogP contribution in [0.3, 0.4) is 0 Å². The van der Waals surface area contributed by atoms with E-state index in [0.717, 1.165) is 12.1 Å². The van der Waals surface area contributed by atoms with Crippen molar-refractivity contribution in [3.05, 3.63) is 53.9 Å². The Morgan fingerprint density at radius 2 is 1.76 bits per heavy atom. The van der Waals surface area contributed by atoms with Crippen LogP contribution in [0.4, 0.5) is 0 Å². The molecule has 0 bridgehead atoms. The fourth-order valence-corrected chi connectivity index (χ4v) is 1.89. The van der Waals surface area contributed by atoms with Gasteiger partial charge in [0.25, 0.3) is 0 Å². The molecule has 21 heavy (non-hydrogen) atoms. The number of hydrogen-bond donors (Lipinski definition) is 2. The lowest BCUT2D eigenvalue weighted by Gasteiger charge is -2.38. The maximum atomic E-state index is 10.1. The largest absolute Gasteiger partial charge is 0.389 e. The van der Waals surface area contributed by atoms with Gasteiger partial charge in [0.05, 0.1) is 18.3 Å². The minimum absolute atomic E-state index is 0.367. The molecule has 0 saturated heterocycles. The first kappa shape index (κ1) is 15.7. The average Bonchev–Trinajstić information content (AvgIpc) is 2.84. The number of hydrogen-bond acceptors (Lipinski definition) is 3. The Morgan fingerprint density at radius 3 is 2.38 bits per heavy atom. The molecule has 2 aromatic rings. The highest BCUT2D eigenvalue weighted by molar-refractivity contribution is 5.15. The second kappa shape index (κ2) is 6.00. The number of rotatable bonds is 6. The van der Waals surface area contributed by atoms with E-state index >= 15 is 0 Å². The molecular formula is C17H25N3O. The number of nitrogens with zero attached hydrogens (tertiary/aromatic N) is 2. The molecule has 0 radical (unpaired) electrons. The molecule has 1 aromatic heterocycles. The molecule has 4 heteroatoms. The van der Waals surface area contributed by atoms with Crippen molar-refractivity contribution < 1.29 is 5.11 Å². The Labute approximate surface area is 126 Å². The molecule has 2 N–H and O–H groups in total. The summed E-state index contributed by atoms with van der Waals surface area (Å²) in [6, 6.07) is 10.3. The third-order valence-electron chi connectivity index (χ3n) is 4.14. The Bertz CT molecular complexity index is 567. The maximum absolute atomic E-state index is 10.1. The third-order valence-corrected chi connectivity index (χ3v) is 4.14. The van der Waals surface area contributed by atoms with E-state index in [0.29, 0.717) is 6.54 Å². The average molecular weight is 287 g/mol. The van der Waals surface area contributed by atoms with E-state index < -0.39 is 5.60 Å². The molecule has 0 atom stereocenters. The molecule has 0 fully saturated rings. The maximum Gasteiger partial charge on any atom is 0.0767 e. The van der Waals surface area contributed by atoms with Gasteiger partial charge in [-0.2, -0.15) is 5.10 Å². The zero-order chi connectivity index (χ0) is 15.5. The molecule has 0 saturated carbocycles. The molecule has 0 aliphatic carbocycles. The quantitative estimate of drug-likeness (QED) is 0.858. The van der Waals surface area contributed by atoms with Crippen LogP contribution in [-0.2, 0) is 13.1 Å². The molecule has 114 valence electrons. The smallest absolute Gasteiger partial charge is 0.0767 e. The molecule has 0 unspecified atom stereocenters. The van der Waals surface area contributed by atoms with Crippen LogP contribution in [0.15, 0.2) is 42.7 Å². The standard InChI is InChI=1S/C17H25N3O/c1-16(2,17(3,4)21)18-10-15-11-19-20(13-15)12-14-8-6-5-7-9-14/h5-9,11,13,18,21H,10,12H2,1-4H3. The Morgan fingerprint density at radius 1 is 1.10 bits per heavy atom. The minimum Gasteiger partial charge on any atom is -0.389 e. The van der Waals surface area contributed by atoms with Gasteiger partial charge in [-0.05, 0) is 33.3 Å². The van der Waals surface area contributed by atoms with Crippen LogP contribution in [-0.4, -0.2) is 26.0 Å². The van der Waals surface area contributed by atoms with Crippen LogP contribution in [0, 0.1) is 0 Å². The Balaban J connectivity index is 1.95. The van der Waals surface area contributed by atoms with E-state index in [2.05, 4.69) is 22.5 Å². The van der Waals surface area contributed by atoms with Crippen LogP contribution in [0.1, 0.15) is 38.8 Å². The van der Waals surface area contributed by atoms with Gasteiger partial charge >= 0.3 is 0 Å². The molecule has 1 heterocycles. The third kappa shape index (κ3) is 4.16. The lowest BCUT2D eigenvalue weighted by atomic mass is 9.86. The van der Waals surface area contributed by atoms with E-state index in [1.807, 2.05) is 63.0 Å². The van der Waals surface area contributed by atoms with Crippen molar-refractivity contribution in [2.45, 2.75) is 51.9 Å². The monoisotopic (exact) mass is 287 g/mol. The van der Waals surface area contributed by atoms with E-state index in [1.54, 1.807) is 0 Å². The van der Waals surface area contributed by atoms with Crippen molar-refractivity contribution in [2.24, 2.45) is 0 Å². The highest BCUT2D eigenvalue weighted by atomic mass is 16.3. The first-order chi connectivity index (χ1) is 9.78. The number of aliphatic hydroxyl groups is 1. The number of aromatic nitrogens is 2. The van der Waals surface area contributed by atoms with Gasteiger partial charge in [-0.1, -0.05) is 30.3 Å². The lowest BCUT2D eigenvalue weighted by Crippen LogP contribution is -2.55. The molecule has 4 nitrogen and oxygen atoms in total. The van der Waals surface area contributed by atoms with Gasteiger partial charge < -0.3 is 10.4 Å². The predicted molar refractivity (Wildman–Crippen MR) is 85.0 cm³/mol. The summed E-state index contributed by atoms with van der Waals surface area (Å²) in [4.78, 5) is 0. The second-order valence-corrected chi connectivity index (χ2v) is 6.57. The van der Waals surface area contributed by atoms with Gasteiger partial charge in [-0.25, -0.2) is 0 Å². The summed E-state index contributed by atoms with van der Waals surface area (Å²) in [5, 5.41) is 17.9. The van der Waals surface area contributed by atoms with E-state index in [-0.39, 0.29) is 5.54 Å². The highest BCUT2D eigenvalue weighted by Crippen LogP contribution is 2.21. The SMILES string of the molecule is CC(C)(O)C(C)(C)NCc1cnn(Cc2ccccc2)c1. The molecule has 0 amide bonds. The van der Waals surface area contributed by atoms with Crippen LogP contribution in [0.25, 0.3) is 0 Å². The van der Waals surface area contributed by atoms with Crippen LogP contribution >= 0.6 is 0 Å². The molecule has 0 spiro atoms. The molecule has 0 aliphatic heterocycles. The fraction of sp³-hybridized carbons (Fsp3) is 0.471. The van der Waals surface area contributed by atoms with Gasteiger partial charge in [0.2, 0.25) is 0 Å². The van der Waals surface area contributed by atoms with Gasteiger partial charge in [-0.15, -0.1) is 0 Å². The minimum atomic E-state index is -0.785. The van der Waals surface area contributed by atoms with Crippen molar-refractivity contribution in [1.29, 1.82) is 0 Å². The summed E-state index contributed by atoms with van der Waals surface area (Å²) in [5.74, 6) is 0. The van der Waals surface area contributed by atoms with E-state index in [9.17, 15) is 5.11 Å². The van der Waals surface area contributed by atoms with E-state index in [4.69, 9.17) is 0 Å². The number of nitrogens with one attached hydrogen (secondary N) is 1. The first-order valence-corrected chi connectivity index (χ1v) is 7.30. The van der Waals surface area contributed by atoms with Crippen molar-refractivity contribution in [2.75, 3.05) is 0 Å². The van der Waals surface area contributed by atoms with Gasteiger partial charge in [-0.3, -0.25) is 4.68 Å². The molecule has 1 aromatic carbocycles. The summed E-state index contributed by atoms with van der Waals surface area (Å²) in [5.41, 5.74) is 1.20. The molecule has 0 aliphatic rings. The zero-order valence-electron chi connectivity index (χ0n) is 13.3. The Kier molecular flexibility index (Phi) is 4.49. The summed E-state index contributed by atoms with van der Waals surface area (Å²) >= 11 is 0. The first-order valence-electron chi connectivity index (χ1n) is 7.30. The normalized spacial score (nSPS) is 12.6. The van der Waals surface area contributed by atoms with Gasteiger partial charge in [0.1, 0.15) is 0 Å². The Hall–Kier alpha value is -1.65. The van der Waals surface area contributed by atoms with Crippen LogP contribution in [0.5, 0.6) is 0 Å². The van der Waals surface area contributed by atoms with Crippen molar-refractivity contribution in [3.8, 4) is 0 Å². The van der Waals surface area contributed by atoms with Gasteiger partial charge in [0, 0.05) is 23.8 Å². The topological polar surface area (TPSA) is 50.1 Å². The van der Waals surface area contributed by atoms with Crippen LogP contribution in [0.2, 0.25) is 0 Å². The highest BCUT2D eigenvalue weighted by Gasteiger charge is 2.34. The fourth-order valence-electron chi connectivity index (χ4n) is 1.89. The number of benzene rings is 1. The van der Waals surface area contributed by atoms with Crippen LogP contribution < -0.4 is 5.32 Å². The second-order valence-electron chi connectivity index (χ2n) is 6.57. The molecule has 2 rings (SSSR count). The molecular weight excluding hydrogens is 262 g/mol. The van der Waals surface area contributed by atoms with Crippen molar-refractivity contribution in [3.63, 3.8) is 0 Å². The summed E-state index contributed by atoms with van der Waals surface area (Å²) < 4.78 is 1.93. The van der Waals surface area contributed by atoms with Crippen molar-refractivity contribution in [1.82, 2.24) is 15.1 Å². The predicted octanol–water partition coefficient (Wildman–Crippen LogP) is 2.57. The summed E-state index contributed by atoms with van der Waals surface area (Å²) in [7, 11) is 0.